The molecule has 0 aliphatic carbocycles. The van der Waals surface area contributed by atoms with Gasteiger partial charge in [0.25, 0.3) is 11.8 Å². The molecule has 5 nitrogen and oxygen atoms in total. The SMILES string of the molecule is COc1ccccc1C1=C(SC(C)C)C(=O)N(c2ccc(OC(C)C)cc2)C1=O. The van der Waals surface area contributed by atoms with Gasteiger partial charge in [0, 0.05) is 10.8 Å². The van der Waals surface area contributed by atoms with Crippen molar-refractivity contribution in [1.82, 2.24) is 0 Å². The molecule has 0 unspecified atom stereocenters. The summed E-state index contributed by atoms with van der Waals surface area (Å²) < 4.78 is 11.1. The maximum Gasteiger partial charge on any atom is 0.272 e. The van der Waals surface area contributed by atoms with Gasteiger partial charge in [-0.25, -0.2) is 4.90 Å². The van der Waals surface area contributed by atoms with Crippen LogP contribution in [-0.2, 0) is 9.59 Å². The Balaban J connectivity index is 2.04. The highest BCUT2D eigenvalue weighted by Gasteiger charge is 2.41. The Morgan fingerprint density at radius 2 is 1.55 bits per heavy atom. The van der Waals surface area contributed by atoms with Crippen LogP contribution in [0.5, 0.6) is 11.5 Å². The van der Waals surface area contributed by atoms with Crippen molar-refractivity contribution < 1.29 is 19.1 Å². The summed E-state index contributed by atoms with van der Waals surface area (Å²) in [6.45, 7) is 7.88. The number of rotatable bonds is 7. The highest BCUT2D eigenvalue weighted by molar-refractivity contribution is 8.04. The third kappa shape index (κ3) is 4.32. The van der Waals surface area contributed by atoms with Gasteiger partial charge in [-0.15, -0.1) is 11.8 Å². The number of ether oxygens (including phenoxy) is 2. The van der Waals surface area contributed by atoms with Gasteiger partial charge in [-0.05, 0) is 44.2 Å². The first-order valence-corrected chi connectivity index (χ1v) is 10.4. The van der Waals surface area contributed by atoms with E-state index in [4.69, 9.17) is 9.47 Å². The number of carbonyl (C=O) groups is 2. The van der Waals surface area contributed by atoms with E-state index in [0.29, 0.717) is 33.2 Å². The first-order valence-electron chi connectivity index (χ1n) is 9.53. The fourth-order valence-electron chi connectivity index (χ4n) is 3.12. The van der Waals surface area contributed by atoms with E-state index in [-0.39, 0.29) is 23.2 Å². The summed E-state index contributed by atoms with van der Waals surface area (Å²) >= 11 is 1.39. The Morgan fingerprint density at radius 3 is 2.14 bits per heavy atom. The van der Waals surface area contributed by atoms with Crippen molar-refractivity contribution in [3.8, 4) is 11.5 Å². The highest BCUT2D eigenvalue weighted by atomic mass is 32.2. The highest BCUT2D eigenvalue weighted by Crippen LogP contribution is 2.42. The fourth-order valence-corrected chi connectivity index (χ4v) is 4.10. The predicted molar refractivity (Wildman–Crippen MR) is 117 cm³/mol. The molecule has 2 aromatic rings. The molecule has 0 radical (unpaired) electrons. The lowest BCUT2D eigenvalue weighted by Crippen LogP contribution is -2.31. The molecule has 1 aliphatic heterocycles. The number of carbonyl (C=O) groups excluding carboxylic acids is 2. The summed E-state index contributed by atoms with van der Waals surface area (Å²) in [7, 11) is 1.56. The number of hydrogen-bond acceptors (Lipinski definition) is 5. The van der Waals surface area contributed by atoms with Crippen molar-refractivity contribution in [3.05, 3.63) is 59.0 Å². The molecule has 0 aromatic heterocycles. The van der Waals surface area contributed by atoms with Gasteiger partial charge in [0.05, 0.1) is 29.4 Å². The zero-order chi connectivity index (χ0) is 21.1. The quantitative estimate of drug-likeness (QED) is 0.606. The Morgan fingerprint density at radius 1 is 0.897 bits per heavy atom. The van der Waals surface area contributed by atoms with Gasteiger partial charge in [-0.3, -0.25) is 9.59 Å². The molecule has 1 heterocycles. The number of imide groups is 1. The van der Waals surface area contributed by atoms with Crippen LogP contribution in [0, 0.1) is 0 Å². The summed E-state index contributed by atoms with van der Waals surface area (Å²) in [4.78, 5) is 28.3. The molecule has 29 heavy (non-hydrogen) atoms. The second-order valence-electron chi connectivity index (χ2n) is 7.18. The Kier molecular flexibility index (Phi) is 6.33. The van der Waals surface area contributed by atoms with Crippen LogP contribution >= 0.6 is 11.8 Å². The summed E-state index contributed by atoms with van der Waals surface area (Å²) in [6.07, 6.45) is 0.0451. The number of amides is 2. The van der Waals surface area contributed by atoms with E-state index in [1.165, 1.54) is 16.7 Å². The topological polar surface area (TPSA) is 55.8 Å². The normalized spacial score (nSPS) is 14.4. The molecule has 2 amide bonds. The Bertz CT molecular complexity index is 948. The van der Waals surface area contributed by atoms with Crippen molar-refractivity contribution >= 4 is 34.8 Å². The van der Waals surface area contributed by atoms with E-state index >= 15 is 0 Å². The maximum atomic E-state index is 13.4. The summed E-state index contributed by atoms with van der Waals surface area (Å²) in [5, 5.41) is 0.147. The summed E-state index contributed by atoms with van der Waals surface area (Å²) in [5.41, 5.74) is 1.52. The smallest absolute Gasteiger partial charge is 0.272 e. The molecule has 3 rings (SSSR count). The molecule has 2 aromatic carbocycles. The molecule has 0 fully saturated rings. The van der Waals surface area contributed by atoms with E-state index in [1.807, 2.05) is 45.9 Å². The number of para-hydroxylation sites is 1. The van der Waals surface area contributed by atoms with Gasteiger partial charge in [0.2, 0.25) is 0 Å². The molecule has 0 spiro atoms. The number of benzene rings is 2. The molecular formula is C23H25NO4S. The van der Waals surface area contributed by atoms with Crippen LogP contribution in [-0.4, -0.2) is 30.3 Å². The van der Waals surface area contributed by atoms with Gasteiger partial charge in [0.15, 0.2) is 0 Å². The van der Waals surface area contributed by atoms with Crippen LogP contribution in [0.3, 0.4) is 0 Å². The molecule has 1 aliphatic rings. The molecule has 0 N–H and O–H groups in total. The van der Waals surface area contributed by atoms with Crippen LogP contribution in [0.15, 0.2) is 53.4 Å². The van der Waals surface area contributed by atoms with E-state index in [0.717, 1.165) is 0 Å². The zero-order valence-electron chi connectivity index (χ0n) is 17.3. The Labute approximate surface area is 175 Å². The molecule has 0 bridgehead atoms. The summed E-state index contributed by atoms with van der Waals surface area (Å²) in [5.74, 6) is 0.595. The van der Waals surface area contributed by atoms with Gasteiger partial charge < -0.3 is 9.47 Å². The van der Waals surface area contributed by atoms with Crippen molar-refractivity contribution in [2.24, 2.45) is 0 Å². The molecule has 152 valence electrons. The minimum atomic E-state index is -0.347. The van der Waals surface area contributed by atoms with Crippen LogP contribution in [0.1, 0.15) is 33.3 Å². The standard InChI is InChI=1S/C23H25NO4S/c1-14(2)28-17-12-10-16(11-13-17)24-22(25)20(21(23(24)26)29-15(3)4)18-8-6-7-9-19(18)27-5/h6-15H,1-5H3. The largest absolute Gasteiger partial charge is 0.496 e. The van der Waals surface area contributed by atoms with Crippen LogP contribution in [0.25, 0.3) is 5.57 Å². The monoisotopic (exact) mass is 411 g/mol. The Hall–Kier alpha value is -2.73. The molecule has 6 heteroatoms. The summed E-state index contributed by atoms with van der Waals surface area (Å²) in [6, 6.07) is 14.3. The average molecular weight is 412 g/mol. The number of anilines is 1. The van der Waals surface area contributed by atoms with Crippen LogP contribution in [0.2, 0.25) is 0 Å². The van der Waals surface area contributed by atoms with Crippen molar-refractivity contribution in [3.63, 3.8) is 0 Å². The minimum Gasteiger partial charge on any atom is -0.496 e. The van der Waals surface area contributed by atoms with Crippen molar-refractivity contribution in [2.75, 3.05) is 12.0 Å². The average Bonchev–Trinajstić information content (AvgIpc) is 2.91. The third-order valence-electron chi connectivity index (χ3n) is 4.24. The number of hydrogen-bond donors (Lipinski definition) is 0. The fraction of sp³-hybridized carbons (Fsp3) is 0.304. The lowest BCUT2D eigenvalue weighted by molar-refractivity contribution is -0.119. The minimum absolute atomic E-state index is 0.0451. The van der Waals surface area contributed by atoms with Gasteiger partial charge >= 0.3 is 0 Å². The van der Waals surface area contributed by atoms with E-state index in [1.54, 1.807) is 37.4 Å². The first kappa shape index (κ1) is 21.0. The van der Waals surface area contributed by atoms with Crippen molar-refractivity contribution in [1.29, 1.82) is 0 Å². The molecule has 0 saturated carbocycles. The third-order valence-corrected chi connectivity index (χ3v) is 5.32. The predicted octanol–water partition coefficient (Wildman–Crippen LogP) is 4.91. The molecule has 0 saturated heterocycles. The second kappa shape index (κ2) is 8.74. The number of nitrogens with zero attached hydrogens (tertiary/aromatic N) is 1. The van der Waals surface area contributed by atoms with Crippen LogP contribution < -0.4 is 14.4 Å². The van der Waals surface area contributed by atoms with Crippen molar-refractivity contribution in [2.45, 2.75) is 39.0 Å². The number of thioether (sulfide) groups is 1. The first-order chi connectivity index (χ1) is 13.8. The van der Waals surface area contributed by atoms with Crippen LogP contribution in [0.4, 0.5) is 5.69 Å². The maximum absolute atomic E-state index is 13.4. The lowest BCUT2D eigenvalue weighted by Gasteiger charge is -2.17. The lowest BCUT2D eigenvalue weighted by atomic mass is 10.0. The second-order valence-corrected chi connectivity index (χ2v) is 8.76. The molecular weight excluding hydrogens is 386 g/mol. The van der Waals surface area contributed by atoms with Gasteiger partial charge in [0.1, 0.15) is 11.5 Å². The van der Waals surface area contributed by atoms with E-state index < -0.39 is 0 Å². The van der Waals surface area contributed by atoms with Gasteiger partial charge in [-0.2, -0.15) is 0 Å². The van der Waals surface area contributed by atoms with E-state index in [2.05, 4.69) is 0 Å². The van der Waals surface area contributed by atoms with E-state index in [9.17, 15) is 9.59 Å². The number of methoxy groups -OCH3 is 1. The van der Waals surface area contributed by atoms with Gasteiger partial charge in [-0.1, -0.05) is 32.0 Å². The molecule has 0 atom stereocenters. The zero-order valence-corrected chi connectivity index (χ0v) is 18.1.